The van der Waals surface area contributed by atoms with Gasteiger partial charge in [-0.2, -0.15) is 0 Å². The second-order valence-corrected chi connectivity index (χ2v) is 7.23. The molecule has 3 atom stereocenters. The van der Waals surface area contributed by atoms with Crippen LogP contribution in [0.15, 0.2) is 30.3 Å². The lowest BCUT2D eigenvalue weighted by molar-refractivity contribution is -0.122. The smallest absolute Gasteiger partial charge is 0.260 e. The number of aliphatic hydroxyl groups excluding tert-OH is 1. The molecule has 0 saturated heterocycles. The summed E-state index contributed by atoms with van der Waals surface area (Å²) in [6, 6.07) is 8.68. The van der Waals surface area contributed by atoms with Crippen molar-refractivity contribution in [2.24, 2.45) is 5.92 Å². The summed E-state index contributed by atoms with van der Waals surface area (Å²) < 4.78 is 18.4. The summed E-state index contributed by atoms with van der Waals surface area (Å²) in [6.45, 7) is 1.98. The van der Waals surface area contributed by atoms with Gasteiger partial charge in [0.2, 0.25) is 0 Å². The van der Waals surface area contributed by atoms with Gasteiger partial charge in [0.15, 0.2) is 0 Å². The van der Waals surface area contributed by atoms with E-state index in [1.54, 1.807) is 31.2 Å². The van der Waals surface area contributed by atoms with Crippen LogP contribution in [0.4, 0.5) is 0 Å². The highest BCUT2D eigenvalue weighted by atomic mass is 31.2. The standard InChI is InChI=1S/C14H19O4P/c1-2-18-19(17,11-7-4-3-5-8-11)14(16)12-9-6-10-13(12)15/h3-5,7-8,12,14,16H,2,6,9-10H2,1H3/t12-,14+,19+/m1/s1. The summed E-state index contributed by atoms with van der Waals surface area (Å²) >= 11 is 0. The zero-order valence-corrected chi connectivity index (χ0v) is 11.9. The van der Waals surface area contributed by atoms with Crippen molar-refractivity contribution in [3.8, 4) is 0 Å². The zero-order chi connectivity index (χ0) is 13.9. The quantitative estimate of drug-likeness (QED) is 0.842. The van der Waals surface area contributed by atoms with Gasteiger partial charge in [-0.05, 0) is 31.9 Å². The van der Waals surface area contributed by atoms with Crippen LogP contribution in [0, 0.1) is 5.92 Å². The highest BCUT2D eigenvalue weighted by Crippen LogP contribution is 2.54. The van der Waals surface area contributed by atoms with Crippen LogP contribution >= 0.6 is 7.37 Å². The number of rotatable bonds is 5. The lowest BCUT2D eigenvalue weighted by atomic mass is 10.1. The number of Topliss-reactive ketones (excluding diaryl/α,β-unsaturated/α-hetero) is 1. The monoisotopic (exact) mass is 282 g/mol. The van der Waals surface area contributed by atoms with Gasteiger partial charge in [0.05, 0.1) is 12.5 Å². The van der Waals surface area contributed by atoms with Crippen molar-refractivity contribution in [1.29, 1.82) is 0 Å². The first-order valence-electron chi connectivity index (χ1n) is 6.60. The van der Waals surface area contributed by atoms with Crippen LogP contribution in [-0.2, 0) is 13.9 Å². The van der Waals surface area contributed by atoms with E-state index in [9.17, 15) is 14.5 Å². The van der Waals surface area contributed by atoms with Gasteiger partial charge in [0.1, 0.15) is 11.6 Å². The van der Waals surface area contributed by atoms with Gasteiger partial charge in [-0.15, -0.1) is 0 Å². The van der Waals surface area contributed by atoms with E-state index in [2.05, 4.69) is 0 Å². The summed E-state index contributed by atoms with van der Waals surface area (Å²) in [6.07, 6.45) is 1.80. The largest absolute Gasteiger partial charge is 0.382 e. The molecule has 0 aliphatic heterocycles. The zero-order valence-electron chi connectivity index (χ0n) is 11.0. The van der Waals surface area contributed by atoms with Crippen molar-refractivity contribution in [1.82, 2.24) is 0 Å². The topological polar surface area (TPSA) is 63.6 Å². The van der Waals surface area contributed by atoms with Gasteiger partial charge in [-0.1, -0.05) is 18.2 Å². The molecule has 19 heavy (non-hydrogen) atoms. The molecule has 5 heteroatoms. The maximum atomic E-state index is 13.0. The molecule has 4 nitrogen and oxygen atoms in total. The Kier molecular flexibility index (Phi) is 4.56. The number of carbonyl (C=O) groups is 1. The molecule has 0 aromatic heterocycles. The third-order valence-corrected chi connectivity index (χ3v) is 6.21. The van der Waals surface area contributed by atoms with Crippen molar-refractivity contribution in [2.45, 2.75) is 32.0 Å². The van der Waals surface area contributed by atoms with Crippen LogP contribution in [0.2, 0.25) is 0 Å². The molecule has 2 rings (SSSR count). The van der Waals surface area contributed by atoms with Crippen LogP contribution in [0.1, 0.15) is 26.2 Å². The fourth-order valence-electron chi connectivity index (χ4n) is 2.53. The molecular weight excluding hydrogens is 263 g/mol. The van der Waals surface area contributed by atoms with Gasteiger partial charge >= 0.3 is 0 Å². The molecule has 0 radical (unpaired) electrons. The first-order valence-corrected chi connectivity index (χ1v) is 8.29. The van der Waals surface area contributed by atoms with E-state index in [1.165, 1.54) is 0 Å². The van der Waals surface area contributed by atoms with Crippen LogP contribution in [0.3, 0.4) is 0 Å². The summed E-state index contributed by atoms with van der Waals surface area (Å²) in [4.78, 5) is 11.8. The third-order valence-electron chi connectivity index (χ3n) is 3.50. The van der Waals surface area contributed by atoms with E-state index in [4.69, 9.17) is 4.52 Å². The van der Waals surface area contributed by atoms with Crippen molar-refractivity contribution < 1.29 is 19.0 Å². The Morgan fingerprint density at radius 2 is 2.11 bits per heavy atom. The van der Waals surface area contributed by atoms with Crippen LogP contribution in [0.25, 0.3) is 0 Å². The summed E-state index contributed by atoms with van der Waals surface area (Å²) in [5.41, 5.74) is 0. The van der Waals surface area contributed by atoms with E-state index < -0.39 is 19.1 Å². The number of benzene rings is 1. The number of hydrogen-bond donors (Lipinski definition) is 1. The summed E-state index contributed by atoms with van der Waals surface area (Å²) in [5.74, 6) is -1.80. The van der Waals surface area contributed by atoms with E-state index in [0.29, 0.717) is 18.1 Å². The summed E-state index contributed by atoms with van der Waals surface area (Å²) in [5, 5.41) is 10.9. The SMILES string of the molecule is CCO[P@@](=O)(c1ccccc1)[C@H](O)[C@@H]1CCCC1=O. The van der Waals surface area contributed by atoms with E-state index >= 15 is 0 Å². The molecule has 1 fully saturated rings. The second-order valence-electron chi connectivity index (χ2n) is 4.73. The van der Waals surface area contributed by atoms with E-state index in [0.717, 1.165) is 6.42 Å². The Morgan fingerprint density at radius 3 is 2.63 bits per heavy atom. The van der Waals surface area contributed by atoms with Gasteiger partial charge in [0.25, 0.3) is 7.37 Å². The third kappa shape index (κ3) is 2.81. The minimum absolute atomic E-state index is 0.0108. The number of aliphatic hydroxyl groups is 1. The molecule has 0 amide bonds. The van der Waals surface area contributed by atoms with Crippen LogP contribution in [0.5, 0.6) is 0 Å². The Hall–Kier alpha value is -0.960. The minimum Gasteiger partial charge on any atom is -0.382 e. The van der Waals surface area contributed by atoms with Gasteiger partial charge in [0, 0.05) is 11.7 Å². The Morgan fingerprint density at radius 1 is 1.42 bits per heavy atom. The second kappa shape index (κ2) is 6.00. The molecule has 0 unspecified atom stereocenters. The number of hydrogen-bond acceptors (Lipinski definition) is 4. The van der Waals surface area contributed by atoms with Gasteiger partial charge in [-0.3, -0.25) is 9.36 Å². The fraction of sp³-hybridized carbons (Fsp3) is 0.500. The van der Waals surface area contributed by atoms with Crippen LogP contribution < -0.4 is 5.30 Å². The molecule has 104 valence electrons. The highest BCUT2D eigenvalue weighted by Gasteiger charge is 2.44. The maximum Gasteiger partial charge on any atom is 0.260 e. The average Bonchev–Trinajstić information content (AvgIpc) is 2.85. The first-order chi connectivity index (χ1) is 9.09. The molecule has 0 heterocycles. The fourth-order valence-corrected chi connectivity index (χ4v) is 4.89. The van der Waals surface area contributed by atoms with Crippen LogP contribution in [-0.4, -0.2) is 23.3 Å². The average molecular weight is 282 g/mol. The minimum atomic E-state index is -3.41. The Labute approximate surface area is 113 Å². The normalized spacial score (nSPS) is 24.1. The maximum absolute atomic E-state index is 13.0. The van der Waals surface area contributed by atoms with Gasteiger partial charge < -0.3 is 9.63 Å². The van der Waals surface area contributed by atoms with E-state index in [1.807, 2.05) is 6.07 Å². The lowest BCUT2D eigenvalue weighted by Gasteiger charge is -2.26. The van der Waals surface area contributed by atoms with Gasteiger partial charge in [-0.25, -0.2) is 0 Å². The Balaban J connectivity index is 2.34. The molecule has 1 saturated carbocycles. The van der Waals surface area contributed by atoms with Crippen molar-refractivity contribution in [3.05, 3.63) is 30.3 Å². The number of ketones is 1. The summed E-state index contributed by atoms with van der Waals surface area (Å²) in [7, 11) is -3.41. The molecule has 1 aromatic carbocycles. The molecule has 1 aliphatic carbocycles. The molecule has 1 aromatic rings. The van der Waals surface area contributed by atoms with E-state index in [-0.39, 0.29) is 12.4 Å². The predicted octanol–water partition coefficient (Wildman–Crippen LogP) is 2.31. The van der Waals surface area contributed by atoms with Crippen molar-refractivity contribution >= 4 is 18.5 Å². The van der Waals surface area contributed by atoms with Crippen molar-refractivity contribution in [3.63, 3.8) is 0 Å². The molecule has 1 aliphatic rings. The number of carbonyl (C=O) groups excluding carboxylic acids is 1. The Bertz CT molecular complexity index is 485. The lowest BCUT2D eigenvalue weighted by Crippen LogP contribution is -2.29. The first kappa shape index (κ1) is 14.4. The molecule has 0 bridgehead atoms. The predicted molar refractivity (Wildman–Crippen MR) is 73.7 cm³/mol. The molecular formula is C14H19O4P. The molecule has 1 N–H and O–H groups in total. The van der Waals surface area contributed by atoms with Crippen molar-refractivity contribution in [2.75, 3.05) is 6.61 Å². The highest BCUT2D eigenvalue weighted by molar-refractivity contribution is 7.67. The molecule has 0 spiro atoms.